The highest BCUT2D eigenvalue weighted by atomic mass is 19.1. The average Bonchev–Trinajstić information content (AvgIpc) is 3.14. The molecule has 4 rings (SSSR count). The van der Waals surface area contributed by atoms with Gasteiger partial charge in [-0.05, 0) is 58.1 Å². The summed E-state index contributed by atoms with van der Waals surface area (Å²) in [6.07, 6.45) is 4.39. The monoisotopic (exact) mass is 452 g/mol. The number of pyridine rings is 1. The van der Waals surface area contributed by atoms with Gasteiger partial charge in [-0.15, -0.1) is 0 Å². The molecule has 9 heteroatoms. The first kappa shape index (κ1) is 22.7. The molecule has 33 heavy (non-hydrogen) atoms. The number of benzene rings is 1. The summed E-state index contributed by atoms with van der Waals surface area (Å²) in [4.78, 5) is 19.4. The van der Waals surface area contributed by atoms with E-state index in [1.54, 1.807) is 23.6 Å². The number of hydrogen-bond donors (Lipinski definition) is 0. The van der Waals surface area contributed by atoms with E-state index >= 15 is 4.39 Å². The quantitative estimate of drug-likeness (QED) is 0.402. The Labute approximate surface area is 191 Å². The largest absolute Gasteiger partial charge is 0.467 e. The number of aryl methyl sites for hydroxylation is 2. The van der Waals surface area contributed by atoms with Crippen molar-refractivity contribution in [3.8, 4) is 17.4 Å². The zero-order chi connectivity index (χ0) is 23.5. The molecule has 1 aromatic carbocycles. The summed E-state index contributed by atoms with van der Waals surface area (Å²) in [7, 11) is 5.52. The Bertz CT molecular complexity index is 1290. The Morgan fingerprint density at radius 1 is 1.06 bits per heavy atom. The molecule has 7 nitrogen and oxygen atoms in total. The van der Waals surface area contributed by atoms with Gasteiger partial charge in [-0.25, -0.2) is 13.8 Å². The fourth-order valence-electron chi connectivity index (χ4n) is 3.75. The van der Waals surface area contributed by atoms with Crippen molar-refractivity contribution in [1.82, 2.24) is 29.4 Å². The number of fused-ring (bicyclic) bond motifs is 1. The third-order valence-electron chi connectivity index (χ3n) is 5.41. The normalized spacial score (nSPS) is 11.5. The second-order valence-electron chi connectivity index (χ2n) is 8.21. The topological polar surface area (TPSA) is 69.0 Å². The van der Waals surface area contributed by atoms with Crippen LogP contribution in [0.5, 0.6) is 6.01 Å². The van der Waals surface area contributed by atoms with Crippen molar-refractivity contribution in [3.63, 3.8) is 0 Å². The van der Waals surface area contributed by atoms with Gasteiger partial charge in [0.25, 0.3) is 0 Å². The fourth-order valence-corrected chi connectivity index (χ4v) is 3.75. The number of halogens is 2. The molecule has 0 amide bonds. The number of aromatic nitrogens is 5. The van der Waals surface area contributed by atoms with Crippen LogP contribution in [0.25, 0.3) is 22.6 Å². The second kappa shape index (κ2) is 9.58. The molecule has 3 heterocycles. The lowest BCUT2D eigenvalue weighted by Gasteiger charge is -2.12. The summed E-state index contributed by atoms with van der Waals surface area (Å²) < 4.78 is 36.0. The van der Waals surface area contributed by atoms with Crippen molar-refractivity contribution in [2.75, 3.05) is 27.7 Å². The average molecular weight is 453 g/mol. The van der Waals surface area contributed by atoms with Gasteiger partial charge >= 0.3 is 6.01 Å². The van der Waals surface area contributed by atoms with E-state index in [1.807, 2.05) is 20.2 Å². The minimum absolute atomic E-state index is 0.158. The first-order chi connectivity index (χ1) is 15.9. The maximum Gasteiger partial charge on any atom is 0.318 e. The molecule has 0 unspecified atom stereocenters. The van der Waals surface area contributed by atoms with Crippen LogP contribution in [0.2, 0.25) is 0 Å². The van der Waals surface area contributed by atoms with E-state index in [1.165, 1.54) is 19.4 Å². The van der Waals surface area contributed by atoms with Crippen LogP contribution >= 0.6 is 0 Å². The lowest BCUT2D eigenvalue weighted by molar-refractivity contribution is 0.380. The molecule has 0 saturated heterocycles. The van der Waals surface area contributed by atoms with Gasteiger partial charge in [0.2, 0.25) is 0 Å². The molecule has 172 valence electrons. The Hall–Kier alpha value is -3.46. The zero-order valence-corrected chi connectivity index (χ0v) is 19.1. The van der Waals surface area contributed by atoms with E-state index in [2.05, 4.69) is 24.8 Å². The Morgan fingerprint density at radius 3 is 2.58 bits per heavy atom. The van der Waals surface area contributed by atoms with Crippen molar-refractivity contribution >= 4 is 11.2 Å². The molecule has 0 fully saturated rings. The standard InChI is InChI=1S/C24H26F2N6O/c1-15-21-23(30-24(28-15)33-4)32(22(29-21)18-11-19(25)13-27-12-18)14-17-8-7-16(10-20(17)26)6-5-9-31(2)3/h7-8,10-13H,5-6,9,14H2,1-4H3. The fraction of sp³-hybridized carbons (Fsp3) is 0.333. The molecule has 0 N–H and O–H groups in total. The third kappa shape index (κ3) is 4.98. The summed E-state index contributed by atoms with van der Waals surface area (Å²) in [5, 5.41) is 0. The Kier molecular flexibility index (Phi) is 6.60. The van der Waals surface area contributed by atoms with E-state index in [4.69, 9.17) is 4.74 Å². The van der Waals surface area contributed by atoms with Gasteiger partial charge in [-0.1, -0.05) is 12.1 Å². The minimum atomic E-state index is -0.486. The number of methoxy groups -OCH3 is 1. The predicted octanol–water partition coefficient (Wildman–Crippen LogP) is 4.03. The van der Waals surface area contributed by atoms with Crippen LogP contribution in [0.3, 0.4) is 0 Å². The van der Waals surface area contributed by atoms with Crippen LogP contribution in [-0.4, -0.2) is 57.2 Å². The SMILES string of the molecule is COc1nc(C)c2nc(-c3cncc(F)c3)n(Cc3ccc(CCCN(C)C)cc3F)c2n1. The smallest absolute Gasteiger partial charge is 0.318 e. The van der Waals surface area contributed by atoms with E-state index in [0.29, 0.717) is 33.8 Å². The lowest BCUT2D eigenvalue weighted by Crippen LogP contribution is -2.13. The molecule has 4 aromatic rings. The summed E-state index contributed by atoms with van der Waals surface area (Å²) in [5.74, 6) is -0.364. The van der Waals surface area contributed by atoms with Gasteiger partial charge in [0.15, 0.2) is 5.65 Å². The number of nitrogens with zero attached hydrogens (tertiary/aromatic N) is 6. The number of imidazole rings is 1. The van der Waals surface area contributed by atoms with Crippen molar-refractivity contribution in [3.05, 3.63) is 65.1 Å². The van der Waals surface area contributed by atoms with Crippen molar-refractivity contribution in [2.24, 2.45) is 0 Å². The maximum absolute atomic E-state index is 15.1. The Balaban J connectivity index is 1.76. The van der Waals surface area contributed by atoms with E-state index < -0.39 is 5.82 Å². The molecule has 0 bridgehead atoms. The summed E-state index contributed by atoms with van der Waals surface area (Å²) in [5.41, 5.74) is 3.52. The zero-order valence-electron chi connectivity index (χ0n) is 19.1. The maximum atomic E-state index is 15.1. The lowest BCUT2D eigenvalue weighted by atomic mass is 10.1. The molecule has 0 saturated carbocycles. The van der Waals surface area contributed by atoms with Gasteiger partial charge in [-0.2, -0.15) is 9.97 Å². The highest BCUT2D eigenvalue weighted by Gasteiger charge is 2.20. The molecular weight excluding hydrogens is 426 g/mol. The predicted molar refractivity (Wildman–Crippen MR) is 122 cm³/mol. The summed E-state index contributed by atoms with van der Waals surface area (Å²) in [6, 6.07) is 6.83. The van der Waals surface area contributed by atoms with Crippen LogP contribution in [0.1, 0.15) is 23.2 Å². The molecule has 0 aliphatic heterocycles. The molecule has 0 atom stereocenters. The second-order valence-corrected chi connectivity index (χ2v) is 8.21. The van der Waals surface area contributed by atoms with Crippen molar-refractivity contribution in [2.45, 2.75) is 26.3 Å². The Morgan fingerprint density at radius 2 is 1.88 bits per heavy atom. The van der Waals surface area contributed by atoms with Crippen LogP contribution in [0, 0.1) is 18.6 Å². The highest BCUT2D eigenvalue weighted by Crippen LogP contribution is 2.28. The van der Waals surface area contributed by atoms with Crippen LogP contribution < -0.4 is 4.74 Å². The van der Waals surface area contributed by atoms with Gasteiger partial charge in [0, 0.05) is 17.3 Å². The van der Waals surface area contributed by atoms with Gasteiger partial charge in [-0.3, -0.25) is 4.98 Å². The van der Waals surface area contributed by atoms with Gasteiger partial charge in [0.1, 0.15) is 23.0 Å². The number of rotatable bonds is 8. The van der Waals surface area contributed by atoms with Crippen LogP contribution in [0.4, 0.5) is 8.78 Å². The molecule has 0 spiro atoms. The van der Waals surface area contributed by atoms with Crippen molar-refractivity contribution in [1.29, 1.82) is 0 Å². The van der Waals surface area contributed by atoms with E-state index in [0.717, 1.165) is 31.1 Å². The number of ether oxygens (including phenoxy) is 1. The molecule has 0 radical (unpaired) electrons. The van der Waals surface area contributed by atoms with E-state index in [9.17, 15) is 4.39 Å². The molecule has 0 aliphatic carbocycles. The molecule has 0 aliphatic rings. The molecular formula is C24H26F2N6O. The number of hydrogen-bond acceptors (Lipinski definition) is 6. The van der Waals surface area contributed by atoms with Gasteiger partial charge in [0.05, 0.1) is 25.5 Å². The first-order valence-corrected chi connectivity index (χ1v) is 10.7. The summed E-state index contributed by atoms with van der Waals surface area (Å²) in [6.45, 7) is 2.89. The first-order valence-electron chi connectivity index (χ1n) is 10.7. The van der Waals surface area contributed by atoms with Crippen LogP contribution in [-0.2, 0) is 13.0 Å². The van der Waals surface area contributed by atoms with E-state index in [-0.39, 0.29) is 18.4 Å². The van der Waals surface area contributed by atoms with Crippen LogP contribution in [0.15, 0.2) is 36.7 Å². The van der Waals surface area contributed by atoms with Crippen molar-refractivity contribution < 1.29 is 13.5 Å². The third-order valence-corrected chi connectivity index (χ3v) is 5.41. The molecule has 3 aromatic heterocycles. The minimum Gasteiger partial charge on any atom is -0.467 e. The highest BCUT2D eigenvalue weighted by molar-refractivity contribution is 5.79. The van der Waals surface area contributed by atoms with Gasteiger partial charge < -0.3 is 14.2 Å². The summed E-state index contributed by atoms with van der Waals surface area (Å²) >= 11 is 0.